The zero-order valence-electron chi connectivity index (χ0n) is 14.2. The number of carbonyl (C=O) groups excluding carboxylic acids is 2. The summed E-state index contributed by atoms with van der Waals surface area (Å²) in [5.74, 6) is -0.438. The van der Waals surface area contributed by atoms with E-state index in [4.69, 9.17) is 0 Å². The number of nitrogens with zero attached hydrogens (tertiary/aromatic N) is 1. The minimum atomic E-state index is -0.347. The Hall–Kier alpha value is -2.95. The number of amides is 1. The molecule has 5 heteroatoms. The number of aromatic nitrogens is 1. The Morgan fingerprint density at radius 1 is 1.00 bits per heavy atom. The number of benzene rings is 2. The number of ketones is 1. The van der Waals surface area contributed by atoms with Crippen molar-refractivity contribution in [3.8, 4) is 0 Å². The number of carbonyl (C=O) groups is 2. The Morgan fingerprint density at radius 2 is 1.69 bits per heavy atom. The third kappa shape index (κ3) is 3.01. The maximum atomic E-state index is 13.0. The molecule has 3 aromatic rings. The van der Waals surface area contributed by atoms with Crippen LogP contribution in [0.25, 0.3) is 10.9 Å². The fraction of sp³-hybridized carbons (Fsp3) is 0.238. The number of hydrogen-bond acceptors (Lipinski definition) is 2. The highest BCUT2D eigenvalue weighted by molar-refractivity contribution is 6.06. The van der Waals surface area contributed by atoms with Gasteiger partial charge in [0, 0.05) is 41.7 Å². The molecule has 2 heterocycles. The van der Waals surface area contributed by atoms with Crippen molar-refractivity contribution < 1.29 is 14.0 Å². The van der Waals surface area contributed by atoms with Gasteiger partial charge in [-0.2, -0.15) is 0 Å². The van der Waals surface area contributed by atoms with E-state index in [1.165, 1.54) is 24.3 Å². The van der Waals surface area contributed by atoms with E-state index in [-0.39, 0.29) is 23.4 Å². The molecule has 4 nitrogen and oxygen atoms in total. The van der Waals surface area contributed by atoms with Crippen molar-refractivity contribution in [2.24, 2.45) is 5.92 Å². The molecule has 1 fully saturated rings. The highest BCUT2D eigenvalue weighted by Crippen LogP contribution is 2.25. The number of Topliss-reactive ketones (excluding diaryl/α,β-unsaturated/α-hetero) is 1. The van der Waals surface area contributed by atoms with Crippen molar-refractivity contribution in [3.05, 3.63) is 71.7 Å². The quantitative estimate of drug-likeness (QED) is 0.725. The maximum Gasteiger partial charge on any atom is 0.256 e. The number of para-hydroxylation sites is 1. The summed E-state index contributed by atoms with van der Waals surface area (Å²) in [6, 6.07) is 13.4. The van der Waals surface area contributed by atoms with Gasteiger partial charge in [0.1, 0.15) is 5.82 Å². The molecule has 0 unspecified atom stereocenters. The molecular weight excluding hydrogens is 331 g/mol. The Morgan fingerprint density at radius 3 is 2.42 bits per heavy atom. The van der Waals surface area contributed by atoms with Gasteiger partial charge < -0.3 is 9.88 Å². The molecular formula is C21H19FN2O2. The van der Waals surface area contributed by atoms with Crippen LogP contribution >= 0.6 is 0 Å². The highest BCUT2D eigenvalue weighted by atomic mass is 19.1. The smallest absolute Gasteiger partial charge is 0.256 e. The van der Waals surface area contributed by atoms with E-state index < -0.39 is 0 Å². The summed E-state index contributed by atoms with van der Waals surface area (Å²) >= 11 is 0. The Balaban J connectivity index is 1.44. The summed E-state index contributed by atoms with van der Waals surface area (Å²) in [7, 11) is 0. The van der Waals surface area contributed by atoms with Crippen molar-refractivity contribution in [2.45, 2.75) is 12.8 Å². The number of fused-ring (bicyclic) bond motifs is 1. The van der Waals surface area contributed by atoms with E-state index >= 15 is 0 Å². The molecule has 1 aliphatic heterocycles. The largest absolute Gasteiger partial charge is 0.360 e. The van der Waals surface area contributed by atoms with Crippen molar-refractivity contribution in [2.75, 3.05) is 13.1 Å². The first-order valence-electron chi connectivity index (χ1n) is 8.78. The summed E-state index contributed by atoms with van der Waals surface area (Å²) in [6.45, 7) is 1.10. The van der Waals surface area contributed by atoms with E-state index in [9.17, 15) is 14.0 Å². The fourth-order valence-electron chi connectivity index (χ4n) is 3.61. The number of piperidine rings is 1. The molecule has 132 valence electrons. The van der Waals surface area contributed by atoms with E-state index in [1.807, 2.05) is 29.2 Å². The fourth-order valence-corrected chi connectivity index (χ4v) is 3.61. The number of halogens is 1. The Kier molecular flexibility index (Phi) is 4.29. The van der Waals surface area contributed by atoms with Gasteiger partial charge in [-0.1, -0.05) is 18.2 Å². The van der Waals surface area contributed by atoms with E-state index in [0.29, 0.717) is 37.1 Å². The summed E-state index contributed by atoms with van der Waals surface area (Å²) in [6.07, 6.45) is 3.01. The first-order chi connectivity index (χ1) is 12.6. The van der Waals surface area contributed by atoms with Crippen LogP contribution in [0.4, 0.5) is 4.39 Å². The third-order valence-electron chi connectivity index (χ3n) is 5.10. The average Bonchev–Trinajstić information content (AvgIpc) is 3.12. The number of nitrogens with one attached hydrogen (secondary N) is 1. The summed E-state index contributed by atoms with van der Waals surface area (Å²) in [4.78, 5) is 30.3. The van der Waals surface area contributed by atoms with Crippen LogP contribution in [-0.4, -0.2) is 34.7 Å². The van der Waals surface area contributed by atoms with Crippen LogP contribution < -0.4 is 0 Å². The lowest BCUT2D eigenvalue weighted by atomic mass is 9.88. The van der Waals surface area contributed by atoms with Gasteiger partial charge in [0.2, 0.25) is 0 Å². The van der Waals surface area contributed by atoms with Crippen molar-refractivity contribution in [1.29, 1.82) is 0 Å². The number of aromatic amines is 1. The topological polar surface area (TPSA) is 53.2 Å². The predicted octanol–water partition coefficient (Wildman–Crippen LogP) is 4.04. The summed E-state index contributed by atoms with van der Waals surface area (Å²) in [5.41, 5.74) is 2.15. The second-order valence-corrected chi connectivity index (χ2v) is 6.69. The lowest BCUT2D eigenvalue weighted by Gasteiger charge is -2.31. The minimum absolute atomic E-state index is 0.00451. The van der Waals surface area contributed by atoms with Crippen LogP contribution in [0.15, 0.2) is 54.7 Å². The van der Waals surface area contributed by atoms with Gasteiger partial charge in [0.25, 0.3) is 5.91 Å². The molecule has 0 saturated carbocycles. The molecule has 26 heavy (non-hydrogen) atoms. The molecule has 0 spiro atoms. The number of likely N-dealkylation sites (tertiary alicyclic amines) is 1. The van der Waals surface area contributed by atoms with Crippen LogP contribution in [0.1, 0.15) is 33.6 Å². The lowest BCUT2D eigenvalue weighted by Crippen LogP contribution is -2.40. The maximum absolute atomic E-state index is 13.0. The molecule has 1 aliphatic rings. The van der Waals surface area contributed by atoms with Crippen molar-refractivity contribution in [3.63, 3.8) is 0 Å². The third-order valence-corrected chi connectivity index (χ3v) is 5.10. The van der Waals surface area contributed by atoms with Crippen molar-refractivity contribution >= 4 is 22.6 Å². The van der Waals surface area contributed by atoms with E-state index in [1.54, 1.807) is 6.20 Å². The molecule has 1 amide bonds. The van der Waals surface area contributed by atoms with Gasteiger partial charge in [-0.15, -0.1) is 0 Å². The van der Waals surface area contributed by atoms with Gasteiger partial charge in [0.05, 0.1) is 5.56 Å². The molecule has 2 aromatic carbocycles. The Labute approximate surface area is 150 Å². The van der Waals surface area contributed by atoms with Gasteiger partial charge in [-0.3, -0.25) is 9.59 Å². The van der Waals surface area contributed by atoms with Gasteiger partial charge in [-0.05, 0) is 43.2 Å². The summed E-state index contributed by atoms with van der Waals surface area (Å²) in [5, 5.41) is 0.919. The van der Waals surface area contributed by atoms with Crippen molar-refractivity contribution in [1.82, 2.24) is 9.88 Å². The standard InChI is InChI=1S/C21H19FN2O2/c22-16-7-5-14(6-8-16)20(25)15-9-11-24(12-10-15)21(26)18-13-23-19-4-2-1-3-17(18)19/h1-8,13,15,23H,9-12H2. The molecule has 1 N–H and O–H groups in total. The minimum Gasteiger partial charge on any atom is -0.360 e. The van der Waals surface area contributed by atoms with Crippen LogP contribution in [-0.2, 0) is 0 Å². The predicted molar refractivity (Wildman–Crippen MR) is 97.7 cm³/mol. The number of H-pyrrole nitrogens is 1. The monoisotopic (exact) mass is 350 g/mol. The van der Waals surface area contributed by atoms with Crippen LogP contribution in [0.3, 0.4) is 0 Å². The Bertz CT molecular complexity index is 954. The van der Waals surface area contributed by atoms with Crippen LogP contribution in [0.5, 0.6) is 0 Å². The second-order valence-electron chi connectivity index (χ2n) is 6.69. The van der Waals surface area contributed by atoms with Crippen LogP contribution in [0.2, 0.25) is 0 Å². The second kappa shape index (κ2) is 6.75. The highest BCUT2D eigenvalue weighted by Gasteiger charge is 2.29. The van der Waals surface area contributed by atoms with E-state index in [2.05, 4.69) is 4.98 Å². The van der Waals surface area contributed by atoms with Gasteiger partial charge >= 0.3 is 0 Å². The zero-order valence-corrected chi connectivity index (χ0v) is 14.2. The normalized spacial score (nSPS) is 15.3. The average molecular weight is 350 g/mol. The molecule has 0 aliphatic carbocycles. The molecule has 0 radical (unpaired) electrons. The number of hydrogen-bond donors (Lipinski definition) is 1. The molecule has 4 rings (SSSR count). The lowest BCUT2D eigenvalue weighted by molar-refractivity contribution is 0.0652. The van der Waals surface area contributed by atoms with Gasteiger partial charge in [0.15, 0.2) is 5.78 Å². The summed E-state index contributed by atoms with van der Waals surface area (Å²) < 4.78 is 13.0. The molecule has 1 saturated heterocycles. The van der Waals surface area contributed by atoms with E-state index in [0.717, 1.165) is 10.9 Å². The van der Waals surface area contributed by atoms with Gasteiger partial charge in [-0.25, -0.2) is 4.39 Å². The SMILES string of the molecule is O=C(c1ccc(F)cc1)C1CCN(C(=O)c2c[nH]c3ccccc23)CC1. The molecule has 0 atom stereocenters. The number of rotatable bonds is 3. The molecule has 0 bridgehead atoms. The zero-order chi connectivity index (χ0) is 18.1. The molecule has 1 aromatic heterocycles. The first-order valence-corrected chi connectivity index (χ1v) is 8.78. The first kappa shape index (κ1) is 16.5. The van der Waals surface area contributed by atoms with Crippen LogP contribution in [0, 0.1) is 11.7 Å².